The van der Waals surface area contributed by atoms with Crippen molar-refractivity contribution >= 4 is 11.9 Å². The Labute approximate surface area is 286 Å². The third-order valence-corrected chi connectivity index (χ3v) is 9.04. The maximum Gasteiger partial charge on any atom is 0.354 e. The van der Waals surface area contributed by atoms with Crippen LogP contribution in [0.1, 0.15) is 53.1 Å². The summed E-state index contributed by atoms with van der Waals surface area (Å²) in [6.45, 7) is 3.00. The molecular weight excluding hydrogens is 622 g/mol. The normalized spacial score (nSPS) is 22.6. The van der Waals surface area contributed by atoms with E-state index in [0.717, 1.165) is 11.1 Å². The van der Waals surface area contributed by atoms with Crippen LogP contribution < -0.4 is 9.47 Å². The molecule has 5 atom stereocenters. The molecule has 9 heteroatoms. The summed E-state index contributed by atoms with van der Waals surface area (Å²) in [5, 5.41) is 12.9. The summed E-state index contributed by atoms with van der Waals surface area (Å²) in [4.78, 5) is 29.3. The second-order valence-electron chi connectivity index (χ2n) is 11.8. The number of piperidine rings is 1. The summed E-state index contributed by atoms with van der Waals surface area (Å²) in [7, 11) is 1.29. The lowest BCUT2D eigenvalue weighted by molar-refractivity contribution is -0.143. The molecule has 4 aromatic carbocycles. The zero-order chi connectivity index (χ0) is 34.2. The van der Waals surface area contributed by atoms with Crippen LogP contribution >= 0.6 is 0 Å². The molecule has 0 radical (unpaired) electrons. The van der Waals surface area contributed by atoms with Gasteiger partial charge >= 0.3 is 11.9 Å². The zero-order valence-corrected chi connectivity index (χ0v) is 27.6. The fourth-order valence-electron chi connectivity index (χ4n) is 7.09. The SMILES string of the molecule is CCOC(=O)/C=C(\C(=O)OC)N1[C@@H]2c3ccccc3OCCOCCOc3ccccc3[C@H]1[C@H](c1ccccc1)C(O)[C@@H]2c1ccccc1. The molecular formula is C40H41NO8. The van der Waals surface area contributed by atoms with Crippen LogP contribution in [-0.4, -0.2) is 68.2 Å². The van der Waals surface area contributed by atoms with E-state index in [1.165, 1.54) is 13.2 Å². The number of fused-ring (bicyclic) bond motifs is 6. The van der Waals surface area contributed by atoms with Gasteiger partial charge in [-0.1, -0.05) is 97.1 Å². The van der Waals surface area contributed by atoms with Crippen molar-refractivity contribution < 1.29 is 38.4 Å². The molecule has 0 aliphatic carbocycles. The minimum Gasteiger partial charge on any atom is -0.491 e. The molecule has 0 saturated carbocycles. The largest absolute Gasteiger partial charge is 0.491 e. The first-order chi connectivity index (χ1) is 24.0. The van der Waals surface area contributed by atoms with E-state index < -0.39 is 42.0 Å². The van der Waals surface area contributed by atoms with Crippen LogP contribution in [0.25, 0.3) is 0 Å². The summed E-state index contributed by atoms with van der Waals surface area (Å²) in [6, 6.07) is 33.1. The van der Waals surface area contributed by atoms with E-state index in [9.17, 15) is 14.7 Å². The molecule has 2 aliphatic rings. The first kappa shape index (κ1) is 33.8. The Morgan fingerprint density at radius 1 is 0.735 bits per heavy atom. The predicted octanol–water partition coefficient (Wildman–Crippen LogP) is 6.12. The highest BCUT2D eigenvalue weighted by atomic mass is 16.5. The molecule has 0 spiro atoms. The molecule has 0 aromatic heterocycles. The van der Waals surface area contributed by atoms with Crippen molar-refractivity contribution in [3.63, 3.8) is 0 Å². The van der Waals surface area contributed by atoms with Gasteiger partial charge in [-0.2, -0.15) is 0 Å². The van der Waals surface area contributed by atoms with Crippen LogP contribution in [0.15, 0.2) is 121 Å². The Morgan fingerprint density at radius 3 is 1.67 bits per heavy atom. The third-order valence-electron chi connectivity index (χ3n) is 9.04. The van der Waals surface area contributed by atoms with Crippen molar-refractivity contribution in [2.75, 3.05) is 40.1 Å². The van der Waals surface area contributed by atoms with Crippen LogP contribution in [0, 0.1) is 0 Å². The third kappa shape index (κ3) is 7.18. The van der Waals surface area contributed by atoms with Crippen molar-refractivity contribution in [2.24, 2.45) is 0 Å². The van der Waals surface area contributed by atoms with Gasteiger partial charge in [0.2, 0.25) is 0 Å². The Hall–Kier alpha value is -5.12. The van der Waals surface area contributed by atoms with Crippen LogP contribution in [0.2, 0.25) is 0 Å². The Bertz CT molecular complexity index is 1640. The van der Waals surface area contributed by atoms with Gasteiger partial charge in [0.1, 0.15) is 30.4 Å². The molecule has 2 bridgehead atoms. The molecule has 1 unspecified atom stereocenters. The number of aliphatic hydroxyl groups excluding tert-OH is 1. The van der Waals surface area contributed by atoms with E-state index in [1.54, 1.807) is 6.92 Å². The monoisotopic (exact) mass is 663 g/mol. The first-order valence-corrected chi connectivity index (χ1v) is 16.6. The first-order valence-electron chi connectivity index (χ1n) is 16.6. The molecule has 254 valence electrons. The van der Waals surface area contributed by atoms with Crippen LogP contribution in [0.3, 0.4) is 0 Å². The molecule has 0 amide bonds. The highest BCUT2D eigenvalue weighted by Crippen LogP contribution is 2.59. The number of nitrogens with zero attached hydrogens (tertiary/aromatic N) is 1. The van der Waals surface area contributed by atoms with Crippen molar-refractivity contribution in [3.05, 3.63) is 143 Å². The average Bonchev–Trinajstić information content (AvgIpc) is 3.13. The maximum absolute atomic E-state index is 14.1. The van der Waals surface area contributed by atoms with Gasteiger partial charge in [-0.05, 0) is 30.2 Å². The number of benzene rings is 4. The van der Waals surface area contributed by atoms with Crippen molar-refractivity contribution in [1.29, 1.82) is 0 Å². The fraction of sp³-hybridized carbons (Fsp3) is 0.300. The van der Waals surface area contributed by atoms with Gasteiger partial charge in [0.15, 0.2) is 0 Å². The standard InChI is InChI=1S/C40H41NO8/c1-3-47-34(42)26-31(40(44)45-2)41-37-29-18-10-12-20-32(29)48-24-22-46-23-25-49-33-21-13-11-19-30(33)38(41)36(28-16-8-5-9-17-28)39(43)35(37)27-14-6-4-7-15-27/h4-21,26,35-39,43H,3,22-25H2,1-2H3/b31-26+/t35-,36+,37-,38+,39?. The van der Waals surface area contributed by atoms with E-state index in [0.29, 0.717) is 35.8 Å². The summed E-state index contributed by atoms with van der Waals surface area (Å²) in [5.74, 6) is -1.55. The van der Waals surface area contributed by atoms with Gasteiger partial charge in [0, 0.05) is 23.0 Å². The highest BCUT2D eigenvalue weighted by Gasteiger charge is 2.54. The van der Waals surface area contributed by atoms with Gasteiger partial charge in [-0.15, -0.1) is 0 Å². The minimum atomic E-state index is -0.991. The number of carbonyl (C=O) groups is 2. The lowest BCUT2D eigenvalue weighted by Gasteiger charge is -2.54. The molecule has 2 aliphatic heterocycles. The van der Waals surface area contributed by atoms with Crippen molar-refractivity contribution in [1.82, 2.24) is 4.90 Å². The molecule has 1 N–H and O–H groups in total. The number of hydrogen-bond donors (Lipinski definition) is 1. The number of rotatable bonds is 6. The summed E-state index contributed by atoms with van der Waals surface area (Å²) >= 11 is 0. The van der Waals surface area contributed by atoms with E-state index in [1.807, 2.05) is 114 Å². The zero-order valence-electron chi connectivity index (χ0n) is 27.6. The second-order valence-corrected chi connectivity index (χ2v) is 11.8. The summed E-state index contributed by atoms with van der Waals surface area (Å²) in [5.41, 5.74) is 3.08. The van der Waals surface area contributed by atoms with Crippen molar-refractivity contribution in [2.45, 2.75) is 36.9 Å². The van der Waals surface area contributed by atoms with Gasteiger partial charge in [-0.25, -0.2) is 9.59 Å². The topological polar surface area (TPSA) is 104 Å². The molecule has 1 fully saturated rings. The maximum atomic E-state index is 14.1. The second kappa shape index (κ2) is 15.9. The summed E-state index contributed by atoms with van der Waals surface area (Å²) in [6.07, 6.45) is 0.205. The number of hydrogen-bond acceptors (Lipinski definition) is 9. The number of para-hydroxylation sites is 2. The number of ether oxygens (including phenoxy) is 5. The molecule has 6 rings (SSSR count). The van der Waals surface area contributed by atoms with E-state index in [2.05, 4.69) is 0 Å². The molecule has 1 saturated heterocycles. The smallest absolute Gasteiger partial charge is 0.354 e. The predicted molar refractivity (Wildman–Crippen MR) is 183 cm³/mol. The number of aliphatic hydroxyl groups is 1. The van der Waals surface area contributed by atoms with Gasteiger partial charge < -0.3 is 33.7 Å². The summed E-state index contributed by atoms with van der Waals surface area (Å²) < 4.78 is 29.3. The molecule has 2 heterocycles. The van der Waals surface area contributed by atoms with E-state index >= 15 is 0 Å². The number of carbonyl (C=O) groups excluding carboxylic acids is 2. The molecule has 49 heavy (non-hydrogen) atoms. The Balaban J connectivity index is 1.74. The highest BCUT2D eigenvalue weighted by molar-refractivity contribution is 5.96. The van der Waals surface area contributed by atoms with Crippen molar-refractivity contribution in [3.8, 4) is 11.5 Å². The Kier molecular flexibility index (Phi) is 10.9. The van der Waals surface area contributed by atoms with Crippen LogP contribution in [0.5, 0.6) is 11.5 Å². The van der Waals surface area contributed by atoms with Gasteiger partial charge in [-0.3, -0.25) is 0 Å². The van der Waals surface area contributed by atoms with Crippen LogP contribution in [-0.2, 0) is 23.8 Å². The molecule has 9 nitrogen and oxygen atoms in total. The average molecular weight is 664 g/mol. The van der Waals surface area contributed by atoms with Gasteiger partial charge in [0.25, 0.3) is 0 Å². The van der Waals surface area contributed by atoms with E-state index in [4.69, 9.17) is 23.7 Å². The van der Waals surface area contributed by atoms with Gasteiger partial charge in [0.05, 0.1) is 51.2 Å². The van der Waals surface area contributed by atoms with Crippen LogP contribution in [0.4, 0.5) is 0 Å². The lowest BCUT2D eigenvalue weighted by Crippen LogP contribution is -2.51. The quantitative estimate of drug-likeness (QED) is 0.193. The fourth-order valence-corrected chi connectivity index (χ4v) is 7.09. The van der Waals surface area contributed by atoms with E-state index in [-0.39, 0.29) is 25.5 Å². The lowest BCUT2D eigenvalue weighted by atomic mass is 9.67. The number of esters is 2. The molecule has 4 aromatic rings. The number of methoxy groups -OCH3 is 1. The minimum absolute atomic E-state index is 0.0234. The Morgan fingerprint density at radius 2 is 1.20 bits per heavy atom.